The van der Waals surface area contributed by atoms with Crippen LogP contribution in [0.5, 0.6) is 0 Å². The summed E-state index contributed by atoms with van der Waals surface area (Å²) in [6.07, 6.45) is 6.77. The second-order valence-electron chi connectivity index (χ2n) is 7.24. The lowest BCUT2D eigenvalue weighted by atomic mass is 10.1. The van der Waals surface area contributed by atoms with E-state index < -0.39 is 0 Å². The summed E-state index contributed by atoms with van der Waals surface area (Å²) in [5.74, 6) is -0.277. The fourth-order valence-corrected chi connectivity index (χ4v) is 4.03. The third-order valence-corrected chi connectivity index (χ3v) is 5.36. The van der Waals surface area contributed by atoms with E-state index in [-0.39, 0.29) is 23.9 Å². The third-order valence-electron chi connectivity index (χ3n) is 5.36. The van der Waals surface area contributed by atoms with E-state index in [4.69, 9.17) is 0 Å². The van der Waals surface area contributed by atoms with E-state index in [2.05, 4.69) is 16.4 Å². The summed E-state index contributed by atoms with van der Waals surface area (Å²) in [6.45, 7) is 2.04. The van der Waals surface area contributed by atoms with Crippen molar-refractivity contribution < 1.29 is 9.59 Å². The van der Waals surface area contributed by atoms with Gasteiger partial charge < -0.3 is 10.2 Å². The van der Waals surface area contributed by atoms with Crippen molar-refractivity contribution >= 4 is 17.5 Å². The fraction of sp³-hybridized carbons (Fsp3) is 0.381. The zero-order valence-electron chi connectivity index (χ0n) is 14.9. The number of carbonyl (C=O) groups is 2. The molecule has 1 N–H and O–H groups in total. The molecule has 1 aliphatic carbocycles. The first-order valence-electron chi connectivity index (χ1n) is 9.32. The minimum atomic E-state index is -0.155. The molecule has 1 fully saturated rings. The number of nitrogens with zero attached hydrogens (tertiary/aromatic N) is 2. The number of carbonyl (C=O) groups excluding carboxylic acids is 2. The Balaban J connectivity index is 1.56. The van der Waals surface area contributed by atoms with Crippen LogP contribution in [0, 0.1) is 0 Å². The summed E-state index contributed by atoms with van der Waals surface area (Å²) >= 11 is 0. The molecule has 1 saturated carbocycles. The van der Waals surface area contributed by atoms with E-state index in [1.807, 2.05) is 25.1 Å². The second kappa shape index (κ2) is 6.90. The molecule has 0 saturated heterocycles. The Morgan fingerprint density at radius 3 is 2.73 bits per heavy atom. The molecule has 1 unspecified atom stereocenters. The molecule has 2 aliphatic rings. The summed E-state index contributed by atoms with van der Waals surface area (Å²) in [6, 6.07) is 11.6. The number of amides is 2. The lowest BCUT2D eigenvalue weighted by Crippen LogP contribution is -2.36. The van der Waals surface area contributed by atoms with Crippen LogP contribution < -0.4 is 10.2 Å². The first-order valence-corrected chi connectivity index (χ1v) is 9.32. The van der Waals surface area contributed by atoms with Crippen LogP contribution in [0.4, 0.5) is 5.69 Å². The average Bonchev–Trinajstić information content (AvgIpc) is 3.27. The average molecular weight is 349 g/mol. The lowest BCUT2D eigenvalue weighted by molar-refractivity contribution is 0.0937. The van der Waals surface area contributed by atoms with Gasteiger partial charge in [-0.3, -0.25) is 14.6 Å². The number of benzene rings is 1. The number of hydrogen-bond acceptors (Lipinski definition) is 3. The quantitative estimate of drug-likeness (QED) is 0.924. The predicted molar refractivity (Wildman–Crippen MR) is 100 cm³/mol. The highest BCUT2D eigenvalue weighted by Gasteiger charge is 2.32. The second-order valence-corrected chi connectivity index (χ2v) is 7.24. The van der Waals surface area contributed by atoms with Crippen LogP contribution in [-0.2, 0) is 6.42 Å². The molecule has 1 aromatic heterocycles. The highest BCUT2D eigenvalue weighted by molar-refractivity contribution is 6.07. The molecule has 0 radical (unpaired) electrons. The van der Waals surface area contributed by atoms with E-state index in [0.29, 0.717) is 11.3 Å². The maximum Gasteiger partial charge on any atom is 0.277 e. The van der Waals surface area contributed by atoms with Gasteiger partial charge in [0.1, 0.15) is 5.69 Å². The topological polar surface area (TPSA) is 62.3 Å². The van der Waals surface area contributed by atoms with Gasteiger partial charge in [-0.15, -0.1) is 0 Å². The molecule has 1 aliphatic heterocycles. The number of pyridine rings is 1. The van der Waals surface area contributed by atoms with Crippen LogP contribution in [-0.4, -0.2) is 28.9 Å². The SMILES string of the molecule is CC1Cc2ccccc2N1C(=O)c1cc(C(=O)NC2CCCC2)ccn1. The largest absolute Gasteiger partial charge is 0.349 e. The van der Waals surface area contributed by atoms with Crippen LogP contribution in [0.3, 0.4) is 0 Å². The molecule has 5 heteroatoms. The molecule has 26 heavy (non-hydrogen) atoms. The number of hydrogen-bond donors (Lipinski definition) is 1. The van der Waals surface area contributed by atoms with Crippen molar-refractivity contribution in [3.8, 4) is 0 Å². The van der Waals surface area contributed by atoms with Gasteiger partial charge in [-0.1, -0.05) is 31.0 Å². The molecule has 0 spiro atoms. The van der Waals surface area contributed by atoms with Gasteiger partial charge in [0.25, 0.3) is 11.8 Å². The van der Waals surface area contributed by atoms with E-state index in [1.54, 1.807) is 23.2 Å². The number of anilines is 1. The van der Waals surface area contributed by atoms with Crippen molar-refractivity contribution in [1.82, 2.24) is 10.3 Å². The van der Waals surface area contributed by atoms with E-state index in [1.165, 1.54) is 5.56 Å². The molecule has 2 amide bonds. The van der Waals surface area contributed by atoms with Crippen molar-refractivity contribution in [2.75, 3.05) is 4.90 Å². The summed E-state index contributed by atoms with van der Waals surface area (Å²) in [5, 5.41) is 3.06. The van der Waals surface area contributed by atoms with Gasteiger partial charge in [-0.05, 0) is 49.9 Å². The maximum atomic E-state index is 13.1. The Morgan fingerprint density at radius 1 is 1.15 bits per heavy atom. The van der Waals surface area contributed by atoms with Gasteiger partial charge >= 0.3 is 0 Å². The molecule has 1 aromatic carbocycles. The summed E-state index contributed by atoms with van der Waals surface area (Å²) in [5.41, 5.74) is 2.92. The molecule has 4 rings (SSSR count). The lowest BCUT2D eigenvalue weighted by Gasteiger charge is -2.22. The van der Waals surface area contributed by atoms with Crippen molar-refractivity contribution in [3.05, 3.63) is 59.4 Å². The predicted octanol–water partition coefficient (Wildman–Crippen LogP) is 3.35. The first-order chi connectivity index (χ1) is 12.6. The minimum absolute atomic E-state index is 0.0812. The number of nitrogens with one attached hydrogen (secondary N) is 1. The van der Waals surface area contributed by atoms with Crippen LogP contribution in [0.25, 0.3) is 0 Å². The number of para-hydroxylation sites is 1. The van der Waals surface area contributed by atoms with Crippen molar-refractivity contribution in [2.45, 2.75) is 51.1 Å². The van der Waals surface area contributed by atoms with Crippen LogP contribution >= 0.6 is 0 Å². The zero-order valence-corrected chi connectivity index (χ0v) is 14.9. The van der Waals surface area contributed by atoms with Crippen molar-refractivity contribution in [1.29, 1.82) is 0 Å². The first kappa shape index (κ1) is 16.8. The van der Waals surface area contributed by atoms with Crippen LogP contribution in [0.1, 0.15) is 59.0 Å². The van der Waals surface area contributed by atoms with Crippen molar-refractivity contribution in [3.63, 3.8) is 0 Å². The Labute approximate surface area is 153 Å². The molecule has 5 nitrogen and oxygen atoms in total. The number of aromatic nitrogens is 1. The zero-order chi connectivity index (χ0) is 18.1. The van der Waals surface area contributed by atoms with Crippen LogP contribution in [0.2, 0.25) is 0 Å². The van der Waals surface area contributed by atoms with Crippen molar-refractivity contribution in [2.24, 2.45) is 0 Å². The van der Waals surface area contributed by atoms with Crippen LogP contribution in [0.15, 0.2) is 42.6 Å². The summed E-state index contributed by atoms with van der Waals surface area (Å²) in [7, 11) is 0. The van der Waals surface area contributed by atoms with E-state index in [9.17, 15) is 9.59 Å². The normalized spacial score (nSPS) is 19.4. The molecular weight excluding hydrogens is 326 g/mol. The van der Waals surface area contributed by atoms with Gasteiger partial charge in [-0.25, -0.2) is 0 Å². The smallest absolute Gasteiger partial charge is 0.277 e. The standard InChI is InChI=1S/C21H23N3O2/c1-14-12-15-6-2-5-9-19(15)24(14)21(26)18-13-16(10-11-22-18)20(25)23-17-7-3-4-8-17/h2,5-6,9-11,13-14,17H,3-4,7-8,12H2,1H3,(H,23,25). The maximum absolute atomic E-state index is 13.1. The van der Waals surface area contributed by atoms with Gasteiger partial charge in [0, 0.05) is 29.5 Å². The molecular formula is C21H23N3O2. The van der Waals surface area contributed by atoms with E-state index in [0.717, 1.165) is 37.8 Å². The van der Waals surface area contributed by atoms with E-state index >= 15 is 0 Å². The number of rotatable bonds is 3. The molecule has 0 bridgehead atoms. The Hall–Kier alpha value is -2.69. The monoisotopic (exact) mass is 349 g/mol. The molecule has 134 valence electrons. The Morgan fingerprint density at radius 2 is 1.92 bits per heavy atom. The summed E-state index contributed by atoms with van der Waals surface area (Å²) < 4.78 is 0. The third kappa shape index (κ3) is 3.09. The summed E-state index contributed by atoms with van der Waals surface area (Å²) in [4.78, 5) is 31.6. The minimum Gasteiger partial charge on any atom is -0.349 e. The van der Waals surface area contributed by atoms with Gasteiger partial charge in [-0.2, -0.15) is 0 Å². The highest BCUT2D eigenvalue weighted by atomic mass is 16.2. The Kier molecular flexibility index (Phi) is 4.45. The number of fused-ring (bicyclic) bond motifs is 1. The molecule has 2 heterocycles. The molecule has 1 atom stereocenters. The highest BCUT2D eigenvalue weighted by Crippen LogP contribution is 2.32. The van der Waals surface area contributed by atoms with Gasteiger partial charge in [0.2, 0.25) is 0 Å². The van der Waals surface area contributed by atoms with Gasteiger partial charge in [0.05, 0.1) is 0 Å². The Bertz CT molecular complexity index is 843. The molecule has 2 aromatic rings. The fourth-order valence-electron chi connectivity index (χ4n) is 4.03. The van der Waals surface area contributed by atoms with Gasteiger partial charge in [0.15, 0.2) is 0 Å².